The smallest absolute Gasteiger partial charge is 0.193 e. The fourth-order valence-corrected chi connectivity index (χ4v) is 2.47. The van der Waals surface area contributed by atoms with E-state index in [1.165, 1.54) is 0 Å². The molecule has 3 rings (SSSR count). The van der Waals surface area contributed by atoms with Crippen molar-refractivity contribution >= 4 is 22.5 Å². The SMILES string of the molecule is CNC(c1ccc(Cl)o1)c1cccc2ncccc12. The molecule has 1 unspecified atom stereocenters. The van der Waals surface area contributed by atoms with Gasteiger partial charge in [-0.2, -0.15) is 0 Å². The fourth-order valence-electron chi connectivity index (χ4n) is 2.31. The second kappa shape index (κ2) is 5.03. The van der Waals surface area contributed by atoms with Gasteiger partial charge in [-0.15, -0.1) is 0 Å². The maximum Gasteiger partial charge on any atom is 0.193 e. The number of aromatic nitrogens is 1. The molecular weight excluding hydrogens is 260 g/mol. The summed E-state index contributed by atoms with van der Waals surface area (Å²) >= 11 is 5.86. The number of halogens is 1. The lowest BCUT2D eigenvalue weighted by molar-refractivity contribution is 0.466. The summed E-state index contributed by atoms with van der Waals surface area (Å²) in [7, 11) is 1.90. The summed E-state index contributed by atoms with van der Waals surface area (Å²) in [6.45, 7) is 0. The van der Waals surface area contributed by atoms with Gasteiger partial charge in [0.15, 0.2) is 5.22 Å². The molecule has 1 aromatic carbocycles. The first kappa shape index (κ1) is 12.2. The number of fused-ring (bicyclic) bond motifs is 1. The van der Waals surface area contributed by atoms with Gasteiger partial charge in [0.25, 0.3) is 0 Å². The molecule has 4 heteroatoms. The zero-order chi connectivity index (χ0) is 13.2. The van der Waals surface area contributed by atoms with Crippen molar-refractivity contribution in [3.05, 3.63) is 65.2 Å². The predicted octanol–water partition coefficient (Wildman–Crippen LogP) is 3.79. The molecule has 2 heterocycles. The minimum Gasteiger partial charge on any atom is -0.448 e. The Bertz CT molecular complexity index is 703. The maximum atomic E-state index is 5.86. The van der Waals surface area contributed by atoms with E-state index >= 15 is 0 Å². The van der Waals surface area contributed by atoms with Crippen molar-refractivity contribution in [3.8, 4) is 0 Å². The highest BCUT2D eigenvalue weighted by Crippen LogP contribution is 2.29. The van der Waals surface area contributed by atoms with Crippen molar-refractivity contribution in [2.75, 3.05) is 7.05 Å². The highest BCUT2D eigenvalue weighted by atomic mass is 35.5. The van der Waals surface area contributed by atoms with E-state index < -0.39 is 0 Å². The Morgan fingerprint density at radius 3 is 2.79 bits per heavy atom. The number of hydrogen-bond acceptors (Lipinski definition) is 3. The fraction of sp³-hybridized carbons (Fsp3) is 0.133. The summed E-state index contributed by atoms with van der Waals surface area (Å²) in [5.41, 5.74) is 2.09. The average Bonchev–Trinajstić information content (AvgIpc) is 2.86. The van der Waals surface area contributed by atoms with Crippen LogP contribution in [0.2, 0.25) is 5.22 Å². The molecule has 0 saturated heterocycles. The lowest BCUT2D eigenvalue weighted by Crippen LogP contribution is -2.17. The van der Waals surface area contributed by atoms with Crippen LogP contribution in [0.4, 0.5) is 0 Å². The third-order valence-electron chi connectivity index (χ3n) is 3.16. The van der Waals surface area contributed by atoms with E-state index in [1.54, 1.807) is 12.3 Å². The van der Waals surface area contributed by atoms with E-state index in [1.807, 2.05) is 31.3 Å². The minimum absolute atomic E-state index is 0.0413. The molecule has 0 aliphatic rings. The molecule has 2 aromatic heterocycles. The second-order valence-corrected chi connectivity index (χ2v) is 4.65. The van der Waals surface area contributed by atoms with Crippen LogP contribution in [0, 0.1) is 0 Å². The molecule has 3 nitrogen and oxygen atoms in total. The maximum absolute atomic E-state index is 5.86. The zero-order valence-electron chi connectivity index (χ0n) is 10.4. The van der Waals surface area contributed by atoms with E-state index in [4.69, 9.17) is 16.0 Å². The molecule has 0 saturated carbocycles. The summed E-state index contributed by atoms with van der Waals surface area (Å²) in [5, 5.41) is 4.77. The molecule has 0 spiro atoms. The van der Waals surface area contributed by atoms with Gasteiger partial charge in [-0.3, -0.25) is 4.98 Å². The van der Waals surface area contributed by atoms with E-state index in [2.05, 4.69) is 22.4 Å². The molecule has 0 fully saturated rings. The van der Waals surface area contributed by atoms with Crippen LogP contribution in [0.25, 0.3) is 10.9 Å². The lowest BCUT2D eigenvalue weighted by Gasteiger charge is -2.16. The van der Waals surface area contributed by atoms with E-state index in [0.717, 1.165) is 22.2 Å². The van der Waals surface area contributed by atoms with Crippen molar-refractivity contribution in [1.82, 2.24) is 10.3 Å². The first-order valence-electron chi connectivity index (χ1n) is 6.06. The van der Waals surface area contributed by atoms with Crippen LogP contribution in [-0.4, -0.2) is 12.0 Å². The van der Waals surface area contributed by atoms with Gasteiger partial charge < -0.3 is 9.73 Å². The van der Waals surface area contributed by atoms with Crippen molar-refractivity contribution in [2.45, 2.75) is 6.04 Å². The summed E-state index contributed by atoms with van der Waals surface area (Å²) in [4.78, 5) is 4.37. The molecule has 19 heavy (non-hydrogen) atoms. The standard InChI is InChI=1S/C15H13ClN2O/c1-17-15(13-7-8-14(16)19-13)11-4-2-6-12-10(11)5-3-9-18-12/h2-9,15,17H,1H3. The molecule has 3 aromatic rings. The van der Waals surface area contributed by atoms with Gasteiger partial charge in [0.2, 0.25) is 0 Å². The molecule has 0 aliphatic heterocycles. The van der Waals surface area contributed by atoms with Gasteiger partial charge in [-0.1, -0.05) is 18.2 Å². The van der Waals surface area contributed by atoms with Crippen molar-refractivity contribution in [3.63, 3.8) is 0 Å². The highest BCUT2D eigenvalue weighted by molar-refractivity contribution is 6.28. The quantitative estimate of drug-likeness (QED) is 0.788. The Hall–Kier alpha value is -1.84. The average molecular weight is 273 g/mol. The number of pyridine rings is 1. The predicted molar refractivity (Wildman–Crippen MR) is 76.4 cm³/mol. The molecule has 1 N–H and O–H groups in total. The van der Waals surface area contributed by atoms with Gasteiger partial charge in [0.1, 0.15) is 5.76 Å². The number of benzene rings is 1. The Balaban J connectivity index is 2.16. The number of nitrogens with zero attached hydrogens (tertiary/aromatic N) is 1. The minimum atomic E-state index is -0.0413. The van der Waals surface area contributed by atoms with E-state index in [9.17, 15) is 0 Å². The summed E-state index contributed by atoms with van der Waals surface area (Å²) < 4.78 is 5.52. The zero-order valence-corrected chi connectivity index (χ0v) is 11.2. The van der Waals surface area contributed by atoms with Crippen LogP contribution in [0.15, 0.2) is 53.1 Å². The summed E-state index contributed by atoms with van der Waals surface area (Å²) in [6, 6.07) is 13.7. The Labute approximate surface area is 116 Å². The molecule has 1 atom stereocenters. The van der Waals surface area contributed by atoms with Gasteiger partial charge in [-0.25, -0.2) is 0 Å². The largest absolute Gasteiger partial charge is 0.448 e. The highest BCUT2D eigenvalue weighted by Gasteiger charge is 2.18. The van der Waals surface area contributed by atoms with Crippen molar-refractivity contribution in [1.29, 1.82) is 0 Å². The number of nitrogens with one attached hydrogen (secondary N) is 1. The summed E-state index contributed by atoms with van der Waals surface area (Å²) in [5.74, 6) is 0.795. The van der Waals surface area contributed by atoms with Gasteiger partial charge in [0.05, 0.1) is 11.6 Å². The molecular formula is C15H13ClN2O. The van der Waals surface area contributed by atoms with Crippen molar-refractivity contribution in [2.24, 2.45) is 0 Å². The third-order valence-corrected chi connectivity index (χ3v) is 3.36. The monoisotopic (exact) mass is 272 g/mol. The Kier molecular flexibility index (Phi) is 3.23. The summed E-state index contributed by atoms with van der Waals surface area (Å²) in [6.07, 6.45) is 1.80. The first-order valence-corrected chi connectivity index (χ1v) is 6.43. The normalized spacial score (nSPS) is 12.7. The Morgan fingerprint density at radius 1 is 1.16 bits per heavy atom. The molecule has 96 valence electrons. The number of rotatable bonds is 3. The van der Waals surface area contributed by atoms with E-state index in [-0.39, 0.29) is 6.04 Å². The van der Waals surface area contributed by atoms with Crippen LogP contribution >= 0.6 is 11.6 Å². The van der Waals surface area contributed by atoms with E-state index in [0.29, 0.717) is 5.22 Å². The number of furan rings is 1. The lowest BCUT2D eigenvalue weighted by atomic mass is 9.99. The van der Waals surface area contributed by atoms with Gasteiger partial charge >= 0.3 is 0 Å². The van der Waals surface area contributed by atoms with Crippen molar-refractivity contribution < 1.29 is 4.42 Å². The van der Waals surface area contributed by atoms with Crippen LogP contribution in [0.5, 0.6) is 0 Å². The van der Waals surface area contributed by atoms with Crippen LogP contribution in [0.3, 0.4) is 0 Å². The number of hydrogen-bond donors (Lipinski definition) is 1. The van der Waals surface area contributed by atoms with Gasteiger partial charge in [-0.05, 0) is 48.5 Å². The van der Waals surface area contributed by atoms with Crippen LogP contribution in [-0.2, 0) is 0 Å². The molecule has 0 amide bonds. The molecule has 0 radical (unpaired) electrons. The van der Waals surface area contributed by atoms with Crippen LogP contribution in [0.1, 0.15) is 17.4 Å². The van der Waals surface area contributed by atoms with Gasteiger partial charge in [0, 0.05) is 11.6 Å². The Morgan fingerprint density at radius 2 is 2.05 bits per heavy atom. The molecule has 0 bridgehead atoms. The topological polar surface area (TPSA) is 38.1 Å². The third kappa shape index (κ3) is 2.23. The van der Waals surface area contributed by atoms with Crippen LogP contribution < -0.4 is 5.32 Å². The second-order valence-electron chi connectivity index (χ2n) is 4.28. The first-order chi connectivity index (χ1) is 9.29. The molecule has 0 aliphatic carbocycles.